The van der Waals surface area contributed by atoms with Crippen LogP contribution < -0.4 is 11.1 Å². The van der Waals surface area contributed by atoms with Gasteiger partial charge in [-0.25, -0.2) is 14.0 Å². The summed E-state index contributed by atoms with van der Waals surface area (Å²) in [4.78, 5) is 23.8. The number of carbonyl (C=O) groups is 2. The number of halogens is 1. The lowest BCUT2D eigenvalue weighted by atomic mass is 10.1. The minimum absolute atomic E-state index is 0.0337. The molecule has 25 heavy (non-hydrogen) atoms. The molecule has 0 radical (unpaired) electrons. The Balaban J connectivity index is 2.84. The van der Waals surface area contributed by atoms with Crippen LogP contribution in [0.25, 0.3) is 0 Å². The molecular weight excluding hydrogens is 327 g/mol. The van der Waals surface area contributed by atoms with Crippen molar-refractivity contribution >= 4 is 17.7 Å². The zero-order chi connectivity index (χ0) is 19.0. The Kier molecular flexibility index (Phi) is 7.24. The molecule has 1 amide bonds. The van der Waals surface area contributed by atoms with Gasteiger partial charge in [-0.2, -0.15) is 0 Å². The van der Waals surface area contributed by atoms with Crippen molar-refractivity contribution < 1.29 is 23.5 Å². The van der Waals surface area contributed by atoms with Gasteiger partial charge in [0.1, 0.15) is 17.5 Å². The number of ether oxygens (including phenoxy) is 2. The highest BCUT2D eigenvalue weighted by molar-refractivity contribution is 5.81. The van der Waals surface area contributed by atoms with Gasteiger partial charge in [0.15, 0.2) is 0 Å². The molecule has 0 unspecified atom stereocenters. The van der Waals surface area contributed by atoms with Crippen LogP contribution >= 0.6 is 0 Å². The molecule has 0 saturated heterocycles. The highest BCUT2D eigenvalue weighted by atomic mass is 19.1. The predicted octanol–water partition coefficient (Wildman–Crippen LogP) is 2.61. The molecule has 1 aromatic carbocycles. The van der Waals surface area contributed by atoms with E-state index in [1.54, 1.807) is 27.7 Å². The van der Waals surface area contributed by atoms with Crippen molar-refractivity contribution in [3.8, 4) is 11.8 Å². The summed E-state index contributed by atoms with van der Waals surface area (Å²) in [5.74, 6) is 4.30. The molecule has 0 spiro atoms. The van der Waals surface area contributed by atoms with E-state index in [2.05, 4.69) is 17.2 Å². The van der Waals surface area contributed by atoms with Gasteiger partial charge < -0.3 is 20.5 Å². The van der Waals surface area contributed by atoms with Crippen molar-refractivity contribution in [1.82, 2.24) is 5.32 Å². The van der Waals surface area contributed by atoms with Crippen LogP contribution in [-0.4, -0.2) is 30.3 Å². The van der Waals surface area contributed by atoms with Gasteiger partial charge >= 0.3 is 12.1 Å². The largest absolute Gasteiger partial charge is 0.464 e. The fourth-order valence-corrected chi connectivity index (χ4v) is 1.77. The summed E-state index contributed by atoms with van der Waals surface area (Å²) in [5, 5.41) is 2.43. The van der Waals surface area contributed by atoms with Crippen LogP contribution in [-0.2, 0) is 14.3 Å². The van der Waals surface area contributed by atoms with Gasteiger partial charge in [0.2, 0.25) is 0 Å². The second-order valence-electron chi connectivity index (χ2n) is 6.19. The first-order valence-electron chi connectivity index (χ1n) is 7.82. The normalized spacial score (nSPS) is 11.7. The molecule has 1 rings (SSSR count). The molecule has 0 bridgehead atoms. The number of nitrogen functional groups attached to an aromatic ring is 1. The van der Waals surface area contributed by atoms with E-state index in [0.717, 1.165) is 0 Å². The van der Waals surface area contributed by atoms with E-state index in [0.29, 0.717) is 11.3 Å². The van der Waals surface area contributed by atoms with E-state index >= 15 is 0 Å². The summed E-state index contributed by atoms with van der Waals surface area (Å²) in [5.41, 5.74) is 5.64. The number of anilines is 1. The third kappa shape index (κ3) is 7.57. The van der Waals surface area contributed by atoms with Crippen molar-refractivity contribution in [1.29, 1.82) is 0 Å². The highest BCUT2D eigenvalue weighted by Crippen LogP contribution is 2.12. The predicted molar refractivity (Wildman–Crippen MR) is 92.1 cm³/mol. The van der Waals surface area contributed by atoms with E-state index in [-0.39, 0.29) is 13.0 Å². The maximum atomic E-state index is 13.2. The van der Waals surface area contributed by atoms with Crippen molar-refractivity contribution in [3.05, 3.63) is 29.6 Å². The molecule has 0 saturated carbocycles. The van der Waals surface area contributed by atoms with Crippen LogP contribution in [0, 0.1) is 17.7 Å². The lowest BCUT2D eigenvalue weighted by Gasteiger charge is -2.22. The van der Waals surface area contributed by atoms with E-state index < -0.39 is 29.5 Å². The second kappa shape index (κ2) is 8.92. The molecule has 6 nitrogen and oxygen atoms in total. The van der Waals surface area contributed by atoms with Crippen LogP contribution in [0.1, 0.15) is 39.7 Å². The molecular formula is C18H23FN2O4. The number of rotatable bonds is 4. The number of hydrogen-bond acceptors (Lipinski definition) is 5. The number of hydrogen-bond donors (Lipinski definition) is 2. The fraction of sp³-hybridized carbons (Fsp3) is 0.444. The SMILES string of the molecule is CCOC(=O)[C@@H](CC#Cc1cc(F)ccc1N)NC(=O)OC(C)(C)C. The summed E-state index contributed by atoms with van der Waals surface area (Å²) in [6.07, 6.45) is -0.786. The van der Waals surface area contributed by atoms with Gasteiger partial charge in [0.05, 0.1) is 12.2 Å². The third-order valence-corrected chi connectivity index (χ3v) is 2.81. The van der Waals surface area contributed by atoms with Crippen LogP contribution in [0.15, 0.2) is 18.2 Å². The Labute approximate surface area is 146 Å². The van der Waals surface area contributed by atoms with E-state index in [4.69, 9.17) is 15.2 Å². The van der Waals surface area contributed by atoms with Crippen molar-refractivity contribution in [2.45, 2.75) is 45.8 Å². The molecule has 0 aliphatic rings. The van der Waals surface area contributed by atoms with E-state index in [9.17, 15) is 14.0 Å². The first-order valence-corrected chi connectivity index (χ1v) is 7.82. The van der Waals surface area contributed by atoms with Crippen LogP contribution in [0.5, 0.6) is 0 Å². The molecule has 0 aromatic heterocycles. The highest BCUT2D eigenvalue weighted by Gasteiger charge is 2.24. The Hall–Kier alpha value is -2.75. The zero-order valence-electron chi connectivity index (χ0n) is 14.8. The summed E-state index contributed by atoms with van der Waals surface area (Å²) in [7, 11) is 0. The summed E-state index contributed by atoms with van der Waals surface area (Å²) < 4.78 is 23.3. The minimum Gasteiger partial charge on any atom is -0.464 e. The van der Waals surface area contributed by atoms with Gasteiger partial charge in [-0.1, -0.05) is 11.8 Å². The Morgan fingerprint density at radius 3 is 2.64 bits per heavy atom. The topological polar surface area (TPSA) is 90.6 Å². The summed E-state index contributed by atoms with van der Waals surface area (Å²) in [6, 6.07) is 2.83. The van der Waals surface area contributed by atoms with Crippen LogP contribution in [0.4, 0.5) is 14.9 Å². The monoisotopic (exact) mass is 350 g/mol. The number of carbonyl (C=O) groups excluding carboxylic acids is 2. The lowest BCUT2D eigenvalue weighted by molar-refractivity contribution is -0.145. The number of alkyl carbamates (subject to hydrolysis) is 1. The number of amides is 1. The molecule has 7 heteroatoms. The van der Waals surface area contributed by atoms with Crippen molar-refractivity contribution in [2.24, 2.45) is 0 Å². The molecule has 0 aliphatic carbocycles. The molecule has 1 aromatic rings. The Bertz CT molecular complexity index is 687. The van der Waals surface area contributed by atoms with E-state index in [1.807, 2.05) is 0 Å². The van der Waals surface area contributed by atoms with E-state index in [1.165, 1.54) is 18.2 Å². The van der Waals surface area contributed by atoms with Crippen LogP contribution in [0.3, 0.4) is 0 Å². The maximum absolute atomic E-state index is 13.2. The number of benzene rings is 1. The minimum atomic E-state index is -1.00. The molecule has 0 aliphatic heterocycles. The Morgan fingerprint density at radius 2 is 2.04 bits per heavy atom. The smallest absolute Gasteiger partial charge is 0.408 e. The summed E-state index contributed by atoms with van der Waals surface area (Å²) in [6.45, 7) is 6.94. The second-order valence-corrected chi connectivity index (χ2v) is 6.19. The standard InChI is InChI=1S/C18H23FN2O4/c1-5-24-16(22)15(21-17(23)25-18(2,3)4)8-6-7-12-11-13(19)9-10-14(12)20/h9-11,15H,5,8,20H2,1-4H3,(H,21,23)/t15-/m1/s1. The average molecular weight is 350 g/mol. The Morgan fingerprint density at radius 1 is 1.36 bits per heavy atom. The zero-order valence-corrected chi connectivity index (χ0v) is 14.8. The first-order chi connectivity index (χ1) is 11.6. The first kappa shape index (κ1) is 20.3. The molecule has 3 N–H and O–H groups in total. The number of esters is 1. The molecule has 1 atom stereocenters. The average Bonchev–Trinajstić information content (AvgIpc) is 2.48. The van der Waals surface area contributed by atoms with Gasteiger partial charge in [-0.3, -0.25) is 0 Å². The van der Waals surface area contributed by atoms with Gasteiger partial charge in [0.25, 0.3) is 0 Å². The van der Waals surface area contributed by atoms with Gasteiger partial charge in [0, 0.05) is 12.1 Å². The lowest BCUT2D eigenvalue weighted by Crippen LogP contribution is -2.44. The quantitative estimate of drug-likeness (QED) is 0.495. The molecule has 0 fully saturated rings. The van der Waals surface area contributed by atoms with Crippen molar-refractivity contribution in [2.75, 3.05) is 12.3 Å². The van der Waals surface area contributed by atoms with Crippen LogP contribution in [0.2, 0.25) is 0 Å². The molecule has 0 heterocycles. The van der Waals surface area contributed by atoms with Gasteiger partial charge in [-0.05, 0) is 45.9 Å². The fourth-order valence-electron chi connectivity index (χ4n) is 1.77. The van der Waals surface area contributed by atoms with Crippen molar-refractivity contribution in [3.63, 3.8) is 0 Å². The number of nitrogens with one attached hydrogen (secondary N) is 1. The molecule has 136 valence electrons. The number of nitrogens with two attached hydrogens (primary N) is 1. The van der Waals surface area contributed by atoms with Gasteiger partial charge in [-0.15, -0.1) is 0 Å². The summed E-state index contributed by atoms with van der Waals surface area (Å²) >= 11 is 0. The third-order valence-electron chi connectivity index (χ3n) is 2.81. The maximum Gasteiger partial charge on any atom is 0.408 e.